The highest BCUT2D eigenvalue weighted by Crippen LogP contribution is 2.34. The second-order valence-electron chi connectivity index (χ2n) is 4.32. The van der Waals surface area contributed by atoms with Gasteiger partial charge in [0.1, 0.15) is 5.60 Å². The molecule has 2 rings (SSSR count). The van der Waals surface area contributed by atoms with Crippen LogP contribution < -0.4 is 0 Å². The van der Waals surface area contributed by atoms with Crippen LogP contribution in [0.5, 0.6) is 0 Å². The molecule has 3 heteroatoms. The fraction of sp³-hybridized carbons (Fsp3) is 0.727. The Morgan fingerprint density at radius 2 is 1.93 bits per heavy atom. The van der Waals surface area contributed by atoms with E-state index in [1.165, 1.54) is 12.8 Å². The van der Waals surface area contributed by atoms with Gasteiger partial charge in [0.2, 0.25) is 0 Å². The summed E-state index contributed by atoms with van der Waals surface area (Å²) >= 11 is 0. The molecule has 3 nitrogen and oxygen atoms in total. The van der Waals surface area contributed by atoms with Gasteiger partial charge < -0.3 is 5.11 Å². The Labute approximate surface area is 84.7 Å². The molecule has 1 aromatic rings. The van der Waals surface area contributed by atoms with Crippen LogP contribution in [0.25, 0.3) is 0 Å². The van der Waals surface area contributed by atoms with Gasteiger partial charge in [-0.3, -0.25) is 4.68 Å². The Morgan fingerprint density at radius 1 is 1.29 bits per heavy atom. The molecule has 1 aliphatic rings. The smallest absolute Gasteiger partial charge is 0.108 e. The molecule has 0 spiro atoms. The zero-order chi connectivity index (χ0) is 10.0. The van der Waals surface area contributed by atoms with E-state index >= 15 is 0 Å². The van der Waals surface area contributed by atoms with Crippen molar-refractivity contribution in [1.82, 2.24) is 9.78 Å². The number of hydrogen-bond donors (Lipinski definition) is 1. The Balaban J connectivity index is 2.20. The van der Waals surface area contributed by atoms with Gasteiger partial charge in [0.25, 0.3) is 0 Å². The summed E-state index contributed by atoms with van der Waals surface area (Å²) in [6.45, 7) is 0. The van der Waals surface area contributed by atoms with Crippen LogP contribution in [-0.4, -0.2) is 14.9 Å². The van der Waals surface area contributed by atoms with E-state index in [2.05, 4.69) is 5.10 Å². The molecule has 0 unspecified atom stereocenters. The van der Waals surface area contributed by atoms with E-state index in [4.69, 9.17) is 0 Å². The van der Waals surface area contributed by atoms with Gasteiger partial charge in [0.15, 0.2) is 0 Å². The summed E-state index contributed by atoms with van der Waals surface area (Å²) in [7, 11) is 1.89. The third-order valence-electron chi connectivity index (χ3n) is 3.12. The van der Waals surface area contributed by atoms with Crippen LogP contribution in [0, 0.1) is 0 Å². The van der Waals surface area contributed by atoms with Gasteiger partial charge in [-0.25, -0.2) is 0 Å². The number of aryl methyl sites for hydroxylation is 1. The van der Waals surface area contributed by atoms with E-state index in [0.717, 1.165) is 31.4 Å². The van der Waals surface area contributed by atoms with Gasteiger partial charge in [-0.2, -0.15) is 5.10 Å². The first-order valence-electron chi connectivity index (χ1n) is 5.43. The third kappa shape index (κ3) is 1.82. The van der Waals surface area contributed by atoms with Crippen molar-refractivity contribution in [2.75, 3.05) is 0 Å². The van der Waals surface area contributed by atoms with Crippen LogP contribution in [0.1, 0.15) is 44.2 Å². The van der Waals surface area contributed by atoms with Crippen molar-refractivity contribution in [2.24, 2.45) is 7.05 Å². The van der Waals surface area contributed by atoms with Crippen LogP contribution in [-0.2, 0) is 12.6 Å². The van der Waals surface area contributed by atoms with E-state index in [9.17, 15) is 5.11 Å². The second-order valence-corrected chi connectivity index (χ2v) is 4.32. The zero-order valence-corrected chi connectivity index (χ0v) is 8.74. The predicted molar refractivity (Wildman–Crippen MR) is 54.8 cm³/mol. The first-order chi connectivity index (χ1) is 6.71. The monoisotopic (exact) mass is 194 g/mol. The minimum Gasteiger partial charge on any atom is -0.383 e. The molecule has 0 atom stereocenters. The number of nitrogens with zero attached hydrogens (tertiary/aromatic N) is 2. The van der Waals surface area contributed by atoms with Crippen LogP contribution in [0.3, 0.4) is 0 Å². The summed E-state index contributed by atoms with van der Waals surface area (Å²) in [5, 5.41) is 14.8. The maximum Gasteiger partial charge on any atom is 0.108 e. The summed E-state index contributed by atoms with van der Waals surface area (Å²) < 4.78 is 1.76. The molecule has 0 aliphatic heterocycles. The van der Waals surface area contributed by atoms with E-state index in [-0.39, 0.29) is 0 Å². The maximum atomic E-state index is 10.5. The maximum absolute atomic E-state index is 10.5. The average molecular weight is 194 g/mol. The molecule has 0 aromatic carbocycles. The van der Waals surface area contributed by atoms with E-state index in [0.29, 0.717) is 0 Å². The molecule has 0 bridgehead atoms. The molecular weight excluding hydrogens is 176 g/mol. The molecule has 1 heterocycles. The van der Waals surface area contributed by atoms with Crippen molar-refractivity contribution in [2.45, 2.75) is 44.1 Å². The molecule has 1 saturated carbocycles. The van der Waals surface area contributed by atoms with Crippen molar-refractivity contribution >= 4 is 0 Å². The van der Waals surface area contributed by atoms with E-state index in [1.54, 1.807) is 4.68 Å². The molecule has 0 amide bonds. The summed E-state index contributed by atoms with van der Waals surface area (Å²) in [5.74, 6) is 0. The third-order valence-corrected chi connectivity index (χ3v) is 3.12. The number of hydrogen-bond acceptors (Lipinski definition) is 2. The number of aliphatic hydroxyl groups is 1. The SMILES string of the molecule is Cn1ccc(C2(O)CCCCCC2)n1. The quantitative estimate of drug-likeness (QED) is 0.694. The van der Waals surface area contributed by atoms with Crippen LogP contribution in [0.4, 0.5) is 0 Å². The lowest BCUT2D eigenvalue weighted by molar-refractivity contribution is 0.0159. The van der Waals surface area contributed by atoms with Gasteiger partial charge in [-0.15, -0.1) is 0 Å². The van der Waals surface area contributed by atoms with Crippen molar-refractivity contribution in [3.63, 3.8) is 0 Å². The van der Waals surface area contributed by atoms with E-state index in [1.807, 2.05) is 19.3 Å². The highest BCUT2D eigenvalue weighted by Gasteiger charge is 2.31. The van der Waals surface area contributed by atoms with Crippen molar-refractivity contribution in [1.29, 1.82) is 0 Å². The van der Waals surface area contributed by atoms with Gasteiger partial charge in [-0.05, 0) is 18.9 Å². The first-order valence-corrected chi connectivity index (χ1v) is 5.43. The highest BCUT2D eigenvalue weighted by molar-refractivity contribution is 5.10. The van der Waals surface area contributed by atoms with Crippen LogP contribution in [0.2, 0.25) is 0 Å². The van der Waals surface area contributed by atoms with E-state index < -0.39 is 5.60 Å². The minimum atomic E-state index is -0.655. The van der Waals surface area contributed by atoms with Gasteiger partial charge in [0, 0.05) is 13.2 Å². The lowest BCUT2D eigenvalue weighted by atomic mass is 9.91. The molecule has 1 aliphatic carbocycles. The number of aromatic nitrogens is 2. The highest BCUT2D eigenvalue weighted by atomic mass is 16.3. The van der Waals surface area contributed by atoms with Crippen molar-refractivity contribution in [3.8, 4) is 0 Å². The van der Waals surface area contributed by atoms with Crippen molar-refractivity contribution < 1.29 is 5.11 Å². The average Bonchev–Trinajstić information content (AvgIpc) is 2.47. The van der Waals surface area contributed by atoms with Crippen molar-refractivity contribution in [3.05, 3.63) is 18.0 Å². The fourth-order valence-corrected chi connectivity index (χ4v) is 2.23. The fourth-order valence-electron chi connectivity index (χ4n) is 2.23. The molecule has 0 saturated heterocycles. The summed E-state index contributed by atoms with van der Waals surface area (Å²) in [6.07, 6.45) is 8.36. The Bertz CT molecular complexity index is 298. The Morgan fingerprint density at radius 3 is 2.43 bits per heavy atom. The topological polar surface area (TPSA) is 38.0 Å². The lowest BCUT2D eigenvalue weighted by Crippen LogP contribution is -2.25. The zero-order valence-electron chi connectivity index (χ0n) is 8.74. The first kappa shape index (κ1) is 9.71. The number of rotatable bonds is 1. The summed E-state index contributed by atoms with van der Waals surface area (Å²) in [5.41, 5.74) is 0.194. The van der Waals surface area contributed by atoms with Crippen LogP contribution in [0.15, 0.2) is 12.3 Å². The molecule has 78 valence electrons. The van der Waals surface area contributed by atoms with Gasteiger partial charge in [-0.1, -0.05) is 25.7 Å². The molecule has 1 N–H and O–H groups in total. The largest absolute Gasteiger partial charge is 0.383 e. The second kappa shape index (κ2) is 3.73. The molecule has 0 radical (unpaired) electrons. The standard InChI is InChI=1S/C11H18N2O/c1-13-9-6-10(12-13)11(14)7-4-2-3-5-8-11/h6,9,14H,2-5,7-8H2,1H3. The normalized spacial score (nSPS) is 21.9. The Hall–Kier alpha value is -0.830. The van der Waals surface area contributed by atoms with Gasteiger partial charge >= 0.3 is 0 Å². The molecule has 1 aromatic heterocycles. The summed E-state index contributed by atoms with van der Waals surface area (Å²) in [6, 6.07) is 1.94. The minimum absolute atomic E-state index is 0.655. The Kier molecular flexibility index (Phi) is 2.59. The molecule has 1 fully saturated rings. The summed E-state index contributed by atoms with van der Waals surface area (Å²) in [4.78, 5) is 0. The molecular formula is C11H18N2O. The lowest BCUT2D eigenvalue weighted by Gasteiger charge is -2.24. The molecule has 14 heavy (non-hydrogen) atoms. The van der Waals surface area contributed by atoms with Crippen LogP contribution >= 0.6 is 0 Å². The van der Waals surface area contributed by atoms with Gasteiger partial charge in [0.05, 0.1) is 5.69 Å². The predicted octanol–water partition coefficient (Wildman–Crippen LogP) is 1.96.